The van der Waals surface area contributed by atoms with Crippen LogP contribution in [0.1, 0.15) is 29.3 Å². The summed E-state index contributed by atoms with van der Waals surface area (Å²) < 4.78 is 7.31. The van der Waals surface area contributed by atoms with E-state index >= 15 is 0 Å². The highest BCUT2D eigenvalue weighted by molar-refractivity contribution is 9.10. The standard InChI is InChI=1S/C23H23BrN6O/c1-30-12-15(22-27-21(28-29-22)14-6-16(24)11-25-9-14)8-23(31-2)17-4-3-5-18-20(17)13(10-26-18)7-19(23)30/h3-6,9-11,15,19,26H,7-8,12H2,1-2H3,(H,27,28,29)/t15?,19-,23+/m1/s1. The molecule has 3 aromatic heterocycles. The van der Waals surface area contributed by atoms with Crippen molar-refractivity contribution >= 4 is 26.8 Å². The second-order valence-corrected chi connectivity index (χ2v) is 9.56. The summed E-state index contributed by atoms with van der Waals surface area (Å²) in [6.45, 7) is 0.900. The topological polar surface area (TPSA) is 82.7 Å². The Bertz CT molecular complexity index is 1280. The van der Waals surface area contributed by atoms with Crippen LogP contribution >= 0.6 is 15.9 Å². The largest absolute Gasteiger partial charge is 0.372 e. The van der Waals surface area contributed by atoms with Crippen LogP contribution in [0.4, 0.5) is 0 Å². The lowest BCUT2D eigenvalue weighted by Gasteiger charge is -2.52. The zero-order valence-corrected chi connectivity index (χ0v) is 19.0. The molecule has 1 aliphatic heterocycles. The number of nitrogens with one attached hydrogen (secondary N) is 2. The van der Waals surface area contributed by atoms with Crippen molar-refractivity contribution in [2.75, 3.05) is 20.7 Å². The first-order valence-electron chi connectivity index (χ1n) is 10.5. The van der Waals surface area contributed by atoms with Gasteiger partial charge in [0.2, 0.25) is 0 Å². The third-order valence-electron chi connectivity index (χ3n) is 7.02. The summed E-state index contributed by atoms with van der Waals surface area (Å²) in [7, 11) is 4.04. The molecule has 6 rings (SSSR count). The first-order valence-corrected chi connectivity index (χ1v) is 11.3. The van der Waals surface area contributed by atoms with Gasteiger partial charge in [0, 0.05) is 65.1 Å². The summed E-state index contributed by atoms with van der Waals surface area (Å²) in [6.07, 6.45) is 7.54. The third-order valence-corrected chi connectivity index (χ3v) is 7.45. The van der Waals surface area contributed by atoms with Crippen molar-refractivity contribution in [1.82, 2.24) is 30.0 Å². The van der Waals surface area contributed by atoms with Crippen molar-refractivity contribution in [1.29, 1.82) is 0 Å². The number of benzene rings is 1. The zero-order valence-electron chi connectivity index (χ0n) is 17.4. The highest BCUT2D eigenvalue weighted by Gasteiger charge is 2.52. The van der Waals surface area contributed by atoms with Crippen LogP contribution in [-0.4, -0.2) is 56.8 Å². The highest BCUT2D eigenvalue weighted by atomic mass is 79.9. The van der Waals surface area contributed by atoms with Gasteiger partial charge < -0.3 is 14.7 Å². The summed E-state index contributed by atoms with van der Waals surface area (Å²) in [5.74, 6) is 1.81. The number of piperidine rings is 1. The molecule has 0 radical (unpaired) electrons. The van der Waals surface area contributed by atoms with E-state index in [2.05, 4.69) is 77.4 Å². The Hall–Kier alpha value is -2.55. The molecule has 8 heteroatoms. The van der Waals surface area contributed by atoms with Gasteiger partial charge in [-0.05, 0) is 59.1 Å². The minimum atomic E-state index is -0.392. The Morgan fingerprint density at radius 1 is 1.26 bits per heavy atom. The van der Waals surface area contributed by atoms with Crippen LogP contribution < -0.4 is 0 Å². The molecule has 1 aromatic carbocycles. The van der Waals surface area contributed by atoms with E-state index in [4.69, 9.17) is 4.74 Å². The number of halogens is 1. The number of ether oxygens (including phenoxy) is 1. The van der Waals surface area contributed by atoms with Gasteiger partial charge in [0.05, 0.1) is 0 Å². The first kappa shape index (κ1) is 19.2. The van der Waals surface area contributed by atoms with Gasteiger partial charge in [0.15, 0.2) is 5.82 Å². The maximum atomic E-state index is 6.39. The molecule has 2 aliphatic rings. The van der Waals surface area contributed by atoms with E-state index in [1.807, 2.05) is 13.2 Å². The Morgan fingerprint density at radius 3 is 3.00 bits per heavy atom. The van der Waals surface area contributed by atoms with E-state index in [0.717, 1.165) is 41.1 Å². The molecule has 1 saturated heterocycles. The Kier molecular flexibility index (Phi) is 4.31. The van der Waals surface area contributed by atoms with Gasteiger partial charge in [-0.25, -0.2) is 0 Å². The number of aromatic nitrogens is 5. The lowest BCUT2D eigenvalue weighted by molar-refractivity contribution is -0.115. The molecular formula is C23H23BrN6O. The van der Waals surface area contributed by atoms with Crippen molar-refractivity contribution in [3.05, 3.63) is 64.3 Å². The summed E-state index contributed by atoms with van der Waals surface area (Å²) >= 11 is 3.48. The van der Waals surface area contributed by atoms with Crippen LogP contribution in [-0.2, 0) is 16.8 Å². The molecule has 0 spiro atoms. The second kappa shape index (κ2) is 6.98. The van der Waals surface area contributed by atoms with E-state index in [1.165, 1.54) is 22.0 Å². The molecule has 158 valence electrons. The van der Waals surface area contributed by atoms with E-state index < -0.39 is 5.60 Å². The number of fused-ring (bicyclic) bond motifs is 2. The Labute approximate surface area is 188 Å². The number of nitrogens with zero attached hydrogens (tertiary/aromatic N) is 4. The van der Waals surface area contributed by atoms with Crippen molar-refractivity contribution in [2.45, 2.75) is 30.4 Å². The van der Waals surface area contributed by atoms with Gasteiger partial charge in [-0.1, -0.05) is 12.1 Å². The molecule has 7 nitrogen and oxygen atoms in total. The Morgan fingerprint density at radius 2 is 2.16 bits per heavy atom. The molecule has 31 heavy (non-hydrogen) atoms. The molecule has 2 N–H and O–H groups in total. The molecule has 0 bridgehead atoms. The number of hydrogen-bond donors (Lipinski definition) is 2. The van der Waals surface area contributed by atoms with E-state index in [9.17, 15) is 0 Å². The van der Waals surface area contributed by atoms with E-state index in [1.54, 1.807) is 12.4 Å². The van der Waals surface area contributed by atoms with Crippen molar-refractivity contribution in [2.24, 2.45) is 0 Å². The van der Waals surface area contributed by atoms with Crippen LogP contribution in [0.25, 0.3) is 22.3 Å². The van der Waals surface area contributed by atoms with Crippen LogP contribution in [0.15, 0.2) is 47.3 Å². The highest BCUT2D eigenvalue weighted by Crippen LogP contribution is 2.50. The fourth-order valence-corrected chi connectivity index (χ4v) is 5.99. The number of pyridine rings is 1. The fraction of sp³-hybridized carbons (Fsp3) is 0.348. The molecule has 1 unspecified atom stereocenters. The number of H-pyrrole nitrogens is 2. The van der Waals surface area contributed by atoms with Gasteiger partial charge in [0.1, 0.15) is 11.4 Å². The summed E-state index contributed by atoms with van der Waals surface area (Å²) in [5.41, 5.74) is 4.34. The predicted octanol–water partition coefficient (Wildman–Crippen LogP) is 4.00. The maximum absolute atomic E-state index is 6.39. The monoisotopic (exact) mass is 478 g/mol. The van der Waals surface area contributed by atoms with E-state index in [0.29, 0.717) is 0 Å². The van der Waals surface area contributed by atoms with Crippen molar-refractivity contribution in [3.63, 3.8) is 0 Å². The molecular weight excluding hydrogens is 456 g/mol. The average Bonchev–Trinajstić information content (AvgIpc) is 3.43. The van der Waals surface area contributed by atoms with Crippen LogP contribution in [0.3, 0.4) is 0 Å². The van der Waals surface area contributed by atoms with Gasteiger partial charge >= 0.3 is 0 Å². The second-order valence-electron chi connectivity index (χ2n) is 8.65. The lowest BCUT2D eigenvalue weighted by atomic mass is 9.68. The molecule has 1 fully saturated rings. The molecule has 3 atom stereocenters. The quantitative estimate of drug-likeness (QED) is 0.464. The number of hydrogen-bond acceptors (Lipinski definition) is 5. The summed E-state index contributed by atoms with van der Waals surface area (Å²) in [5, 5.41) is 10.3. The molecule has 4 aromatic rings. The summed E-state index contributed by atoms with van der Waals surface area (Å²) in [4.78, 5) is 13.6. The number of aromatic amines is 2. The Balaban J connectivity index is 1.42. The number of likely N-dealkylation sites (tertiary alicyclic amines) is 1. The fourth-order valence-electron chi connectivity index (χ4n) is 5.63. The minimum Gasteiger partial charge on any atom is -0.372 e. The van der Waals surface area contributed by atoms with Crippen molar-refractivity contribution < 1.29 is 4.74 Å². The third kappa shape index (κ3) is 2.82. The minimum absolute atomic E-state index is 0.179. The smallest absolute Gasteiger partial charge is 0.162 e. The van der Waals surface area contributed by atoms with Crippen LogP contribution in [0.5, 0.6) is 0 Å². The average molecular weight is 479 g/mol. The van der Waals surface area contributed by atoms with E-state index in [-0.39, 0.29) is 12.0 Å². The number of likely N-dealkylation sites (N-methyl/N-ethyl adjacent to an activating group) is 1. The first-order chi connectivity index (χ1) is 15.1. The van der Waals surface area contributed by atoms with Crippen LogP contribution in [0.2, 0.25) is 0 Å². The number of methoxy groups -OCH3 is 1. The van der Waals surface area contributed by atoms with Crippen LogP contribution in [0, 0.1) is 0 Å². The van der Waals surface area contributed by atoms with Crippen molar-refractivity contribution in [3.8, 4) is 11.4 Å². The normalized spacial score (nSPS) is 25.6. The maximum Gasteiger partial charge on any atom is 0.162 e. The molecule has 1 aliphatic carbocycles. The lowest BCUT2D eigenvalue weighted by Crippen LogP contribution is -2.58. The van der Waals surface area contributed by atoms with Gasteiger partial charge in [-0.3, -0.25) is 9.88 Å². The predicted molar refractivity (Wildman–Crippen MR) is 122 cm³/mol. The molecule has 0 amide bonds. The molecule has 0 saturated carbocycles. The zero-order chi connectivity index (χ0) is 21.2. The van der Waals surface area contributed by atoms with Gasteiger partial charge in [-0.15, -0.1) is 10.2 Å². The van der Waals surface area contributed by atoms with Gasteiger partial charge in [-0.2, -0.15) is 0 Å². The molecule has 4 heterocycles. The SMILES string of the molecule is CO[C@]12CC(c3nnc(-c4cncc(Br)c4)[nH]3)CN(C)[C@@H]1Cc1c[nH]c3cccc2c13. The number of rotatable bonds is 3. The summed E-state index contributed by atoms with van der Waals surface area (Å²) in [6, 6.07) is 8.76. The van der Waals surface area contributed by atoms with Gasteiger partial charge in [0.25, 0.3) is 0 Å².